The molecule has 0 aliphatic carbocycles. The highest BCUT2D eigenvalue weighted by molar-refractivity contribution is 6.63. The van der Waals surface area contributed by atoms with Crippen LogP contribution in [0.5, 0.6) is 0 Å². The van der Waals surface area contributed by atoms with Crippen LogP contribution in [-0.4, -0.2) is 16.3 Å². The van der Waals surface area contributed by atoms with E-state index in [1.807, 2.05) is 0 Å². The van der Waals surface area contributed by atoms with E-state index < -0.39 is 11.2 Å². The Bertz CT molecular complexity index is 186. The van der Waals surface area contributed by atoms with Gasteiger partial charge in [-0.1, -0.05) is 6.58 Å². The van der Waals surface area contributed by atoms with Crippen molar-refractivity contribution in [2.24, 2.45) is 0 Å². The van der Waals surface area contributed by atoms with E-state index in [0.29, 0.717) is 12.8 Å². The number of aliphatic carboxylic acids is 1. The molecule has 0 amide bonds. The number of carboxylic acid groups (broad SMARTS) is 1. The Balaban J connectivity index is 3.47. The number of hydrogen-bond donors (Lipinski definition) is 1. The van der Waals surface area contributed by atoms with Gasteiger partial charge in [-0.2, -0.15) is 0 Å². The lowest BCUT2D eigenvalue weighted by molar-refractivity contribution is -0.132. The van der Waals surface area contributed by atoms with Crippen molar-refractivity contribution >= 4 is 22.8 Å². The summed E-state index contributed by atoms with van der Waals surface area (Å²) >= 11 is 5.02. The van der Waals surface area contributed by atoms with Crippen molar-refractivity contribution in [3.05, 3.63) is 12.2 Å². The predicted molar refractivity (Wildman–Crippen MR) is 41.5 cm³/mol. The predicted octanol–water partition coefficient (Wildman–Crippen LogP) is 1.56. The Labute approximate surface area is 69.7 Å². The van der Waals surface area contributed by atoms with Gasteiger partial charge in [-0.3, -0.25) is 4.79 Å². The van der Waals surface area contributed by atoms with Crippen LogP contribution in [0.1, 0.15) is 19.3 Å². The molecule has 3 nitrogen and oxygen atoms in total. The van der Waals surface area contributed by atoms with Crippen molar-refractivity contribution in [2.45, 2.75) is 19.3 Å². The summed E-state index contributed by atoms with van der Waals surface area (Å²) in [6, 6.07) is 0. The van der Waals surface area contributed by atoms with Gasteiger partial charge >= 0.3 is 5.97 Å². The molecule has 0 radical (unpaired) electrons. The summed E-state index contributed by atoms with van der Waals surface area (Å²) in [5.74, 6) is -1.02. The molecule has 4 heteroatoms. The molecule has 0 spiro atoms. The molecule has 11 heavy (non-hydrogen) atoms. The second-order valence-corrected chi connectivity index (χ2v) is 2.54. The fraction of sp³-hybridized carbons (Fsp3) is 0.429. The van der Waals surface area contributed by atoms with Gasteiger partial charge in [-0.05, 0) is 24.4 Å². The third-order valence-electron chi connectivity index (χ3n) is 1.15. The minimum absolute atomic E-state index is 0.114. The van der Waals surface area contributed by atoms with Crippen LogP contribution in [0.3, 0.4) is 0 Å². The Hall–Kier alpha value is -0.830. The van der Waals surface area contributed by atoms with Crippen molar-refractivity contribution in [2.75, 3.05) is 0 Å². The summed E-state index contributed by atoms with van der Waals surface area (Å²) in [5, 5.41) is 7.89. The summed E-state index contributed by atoms with van der Waals surface area (Å²) in [4.78, 5) is 20.3. The van der Waals surface area contributed by atoms with E-state index in [0.717, 1.165) is 0 Å². The summed E-state index contributed by atoms with van der Waals surface area (Å²) in [7, 11) is 0. The van der Waals surface area contributed by atoms with Crippen molar-refractivity contribution in [3.63, 3.8) is 0 Å². The number of hydrogen-bond acceptors (Lipinski definition) is 2. The van der Waals surface area contributed by atoms with E-state index in [-0.39, 0.29) is 12.0 Å². The molecule has 1 N–H and O–H groups in total. The van der Waals surface area contributed by atoms with E-state index in [1.165, 1.54) is 0 Å². The van der Waals surface area contributed by atoms with Gasteiger partial charge in [-0.15, -0.1) is 0 Å². The second kappa shape index (κ2) is 4.91. The fourth-order valence-corrected chi connectivity index (χ4v) is 0.681. The van der Waals surface area contributed by atoms with Crippen LogP contribution in [0.25, 0.3) is 0 Å². The Kier molecular flexibility index (Phi) is 4.54. The van der Waals surface area contributed by atoms with Gasteiger partial charge < -0.3 is 5.11 Å². The van der Waals surface area contributed by atoms with Crippen LogP contribution in [-0.2, 0) is 9.59 Å². The lowest BCUT2D eigenvalue weighted by atomic mass is 10.1. The molecule has 0 rings (SSSR count). The van der Waals surface area contributed by atoms with Gasteiger partial charge in [0.2, 0.25) is 5.24 Å². The zero-order valence-corrected chi connectivity index (χ0v) is 6.73. The summed E-state index contributed by atoms with van der Waals surface area (Å²) in [6.07, 6.45) is 0.967. The molecular formula is C7H9ClO3. The first-order valence-electron chi connectivity index (χ1n) is 3.13. The highest BCUT2D eigenvalue weighted by Gasteiger charge is 2.04. The van der Waals surface area contributed by atoms with Gasteiger partial charge in [0.25, 0.3) is 0 Å². The first-order chi connectivity index (χ1) is 5.04. The van der Waals surface area contributed by atoms with E-state index in [1.54, 1.807) is 0 Å². The van der Waals surface area contributed by atoms with Crippen LogP contribution < -0.4 is 0 Å². The van der Waals surface area contributed by atoms with Gasteiger partial charge in [0, 0.05) is 12.0 Å². The average molecular weight is 177 g/mol. The van der Waals surface area contributed by atoms with E-state index >= 15 is 0 Å². The molecule has 0 saturated heterocycles. The quantitative estimate of drug-likeness (QED) is 0.511. The van der Waals surface area contributed by atoms with Crippen molar-refractivity contribution in [1.29, 1.82) is 0 Å². The Morgan fingerprint density at radius 2 is 1.91 bits per heavy atom. The summed E-state index contributed by atoms with van der Waals surface area (Å²) < 4.78 is 0. The topological polar surface area (TPSA) is 54.4 Å². The van der Waals surface area contributed by atoms with Crippen LogP contribution in [0.2, 0.25) is 0 Å². The number of rotatable bonds is 5. The molecule has 0 unspecified atom stereocenters. The van der Waals surface area contributed by atoms with Crippen molar-refractivity contribution in [1.82, 2.24) is 0 Å². The van der Waals surface area contributed by atoms with Crippen LogP contribution in [0.4, 0.5) is 0 Å². The highest BCUT2D eigenvalue weighted by Crippen LogP contribution is 2.06. The Morgan fingerprint density at radius 3 is 2.27 bits per heavy atom. The maximum absolute atomic E-state index is 10.2. The zero-order valence-electron chi connectivity index (χ0n) is 5.97. The number of carbonyl (C=O) groups excluding carboxylic acids is 1. The number of carbonyl (C=O) groups is 2. The second-order valence-electron chi connectivity index (χ2n) is 2.12. The Morgan fingerprint density at radius 1 is 1.36 bits per heavy atom. The molecule has 0 saturated carbocycles. The average Bonchev–Trinajstić information content (AvgIpc) is 1.86. The third-order valence-corrected chi connectivity index (χ3v) is 1.34. The number of carboxylic acids is 1. The molecule has 0 aromatic rings. The van der Waals surface area contributed by atoms with E-state index in [4.69, 9.17) is 16.7 Å². The van der Waals surface area contributed by atoms with Gasteiger partial charge in [-0.25, -0.2) is 4.79 Å². The maximum Gasteiger partial charge on any atom is 0.330 e. The van der Waals surface area contributed by atoms with E-state index in [2.05, 4.69) is 6.58 Å². The minimum Gasteiger partial charge on any atom is -0.478 e. The van der Waals surface area contributed by atoms with E-state index in [9.17, 15) is 9.59 Å². The molecule has 62 valence electrons. The first-order valence-corrected chi connectivity index (χ1v) is 3.51. The van der Waals surface area contributed by atoms with Gasteiger partial charge in [0.1, 0.15) is 0 Å². The molecule has 0 aromatic carbocycles. The molecule has 0 bridgehead atoms. The molecule has 0 fully saturated rings. The lowest BCUT2D eigenvalue weighted by Gasteiger charge is -1.96. The SMILES string of the molecule is C=C(CCCC(=O)Cl)C(=O)O. The van der Waals surface area contributed by atoms with Crippen LogP contribution in [0.15, 0.2) is 12.2 Å². The molecule has 0 atom stereocenters. The summed E-state index contributed by atoms with van der Waals surface area (Å²) in [5.41, 5.74) is 0.114. The largest absolute Gasteiger partial charge is 0.478 e. The summed E-state index contributed by atoms with van der Waals surface area (Å²) in [6.45, 7) is 3.30. The third kappa shape index (κ3) is 5.61. The molecular weight excluding hydrogens is 168 g/mol. The molecule has 0 aliphatic heterocycles. The normalized spacial score (nSPS) is 9.18. The highest BCUT2D eigenvalue weighted by atomic mass is 35.5. The molecule has 0 aliphatic rings. The standard InChI is InChI=1S/C7H9ClO3/c1-5(7(10)11)3-2-4-6(8)9/h1-4H2,(H,10,11). The lowest BCUT2D eigenvalue weighted by Crippen LogP contribution is -1.99. The first kappa shape index (κ1) is 10.2. The molecule has 0 heterocycles. The fourth-order valence-electron chi connectivity index (χ4n) is 0.548. The van der Waals surface area contributed by atoms with Crippen LogP contribution in [0, 0.1) is 0 Å². The van der Waals surface area contributed by atoms with Crippen molar-refractivity contribution in [3.8, 4) is 0 Å². The smallest absolute Gasteiger partial charge is 0.330 e. The van der Waals surface area contributed by atoms with Crippen molar-refractivity contribution < 1.29 is 14.7 Å². The monoisotopic (exact) mass is 176 g/mol. The molecule has 0 aromatic heterocycles. The number of halogens is 1. The van der Waals surface area contributed by atoms with Gasteiger partial charge in [0.15, 0.2) is 0 Å². The zero-order chi connectivity index (χ0) is 8.85. The maximum atomic E-state index is 10.2. The van der Waals surface area contributed by atoms with Gasteiger partial charge in [0.05, 0.1) is 0 Å². The van der Waals surface area contributed by atoms with Crippen LogP contribution >= 0.6 is 11.6 Å². The minimum atomic E-state index is -1.02.